The molecule has 0 amide bonds. The maximum absolute atomic E-state index is 12.4. The molecule has 148 valence electrons. The van der Waals surface area contributed by atoms with Gasteiger partial charge in [-0.15, -0.1) is 5.10 Å². The fourth-order valence-electron chi connectivity index (χ4n) is 2.51. The summed E-state index contributed by atoms with van der Waals surface area (Å²) in [7, 11) is 1.53. The molecule has 0 fully saturated rings. The average Bonchev–Trinajstić information content (AvgIpc) is 3.32. The van der Waals surface area contributed by atoms with Gasteiger partial charge in [0.05, 0.1) is 20.3 Å². The number of benzene rings is 1. The van der Waals surface area contributed by atoms with E-state index in [4.69, 9.17) is 19.9 Å². The number of anilines is 1. The molecule has 28 heavy (non-hydrogen) atoms. The van der Waals surface area contributed by atoms with Crippen LogP contribution in [0.2, 0.25) is 0 Å². The van der Waals surface area contributed by atoms with E-state index in [1.807, 2.05) is 6.92 Å². The highest BCUT2D eigenvalue weighted by molar-refractivity contribution is 5.94. The monoisotopic (exact) mass is 388 g/mol. The van der Waals surface area contributed by atoms with Gasteiger partial charge in [0.25, 0.3) is 0 Å². The molecule has 0 unspecified atom stereocenters. The molecule has 0 aliphatic rings. The van der Waals surface area contributed by atoms with Crippen LogP contribution in [0.25, 0.3) is 17.1 Å². The third kappa shape index (κ3) is 3.59. The first-order valence-electron chi connectivity index (χ1n) is 8.63. The topological polar surface area (TPSA) is 140 Å². The minimum absolute atomic E-state index is 0.00331. The summed E-state index contributed by atoms with van der Waals surface area (Å²) in [6.07, 6.45) is 0.854. The highest BCUT2D eigenvalue weighted by atomic mass is 16.6. The highest BCUT2D eigenvalue weighted by Crippen LogP contribution is 2.35. The Labute approximate surface area is 160 Å². The van der Waals surface area contributed by atoms with Crippen LogP contribution in [0.15, 0.2) is 22.8 Å². The van der Waals surface area contributed by atoms with Crippen molar-refractivity contribution in [1.29, 1.82) is 0 Å². The van der Waals surface area contributed by atoms with E-state index in [1.54, 1.807) is 25.1 Å². The molecule has 0 saturated heterocycles. The quantitative estimate of drug-likeness (QED) is 0.568. The van der Waals surface area contributed by atoms with Crippen LogP contribution in [0.3, 0.4) is 0 Å². The number of hydrogen-bond donors (Lipinski definition) is 1. The zero-order valence-corrected chi connectivity index (χ0v) is 15.7. The molecule has 2 N–H and O–H groups in total. The van der Waals surface area contributed by atoms with Gasteiger partial charge in [-0.25, -0.2) is 9.42 Å². The number of carbonyl (C=O) groups is 1. The van der Waals surface area contributed by atoms with Crippen molar-refractivity contribution in [3.05, 3.63) is 23.9 Å². The molecule has 2 heterocycles. The Balaban J connectivity index is 2.15. The standard InChI is InChI=1S/C17H20N6O5/c1-4-8-27-11-7-6-10(9-12(11)25-3)14-13(17(24)26-5-2)19-22-23(14)16-15(18)20-28-21-16/h6-7,9H,4-5,8H2,1-3H3,(H2,18,20). The lowest BCUT2D eigenvalue weighted by Gasteiger charge is -2.12. The lowest BCUT2D eigenvalue weighted by molar-refractivity contribution is 0.0520. The fraction of sp³-hybridized carbons (Fsp3) is 0.353. The van der Waals surface area contributed by atoms with E-state index >= 15 is 0 Å². The van der Waals surface area contributed by atoms with Crippen LogP contribution in [0.5, 0.6) is 11.5 Å². The number of ether oxygens (including phenoxy) is 3. The number of nitrogens with zero attached hydrogens (tertiary/aromatic N) is 5. The summed E-state index contributed by atoms with van der Waals surface area (Å²) in [6, 6.07) is 5.18. The van der Waals surface area contributed by atoms with E-state index in [-0.39, 0.29) is 23.9 Å². The largest absolute Gasteiger partial charge is 0.493 e. The van der Waals surface area contributed by atoms with Gasteiger partial charge in [-0.05, 0) is 41.9 Å². The van der Waals surface area contributed by atoms with Crippen LogP contribution < -0.4 is 15.2 Å². The number of aromatic nitrogens is 5. The molecule has 0 bridgehead atoms. The maximum atomic E-state index is 12.4. The van der Waals surface area contributed by atoms with Crippen molar-refractivity contribution >= 4 is 11.8 Å². The minimum atomic E-state index is -0.635. The molecular formula is C17H20N6O5. The molecule has 0 spiro atoms. The summed E-state index contributed by atoms with van der Waals surface area (Å²) in [5.74, 6) is 0.524. The zero-order valence-electron chi connectivity index (χ0n) is 15.7. The Morgan fingerprint density at radius 1 is 1.25 bits per heavy atom. The second-order valence-electron chi connectivity index (χ2n) is 5.61. The van der Waals surface area contributed by atoms with Crippen molar-refractivity contribution in [2.45, 2.75) is 20.3 Å². The van der Waals surface area contributed by atoms with E-state index in [9.17, 15) is 4.79 Å². The summed E-state index contributed by atoms with van der Waals surface area (Å²) >= 11 is 0. The predicted octanol–water partition coefficient (Wildman–Crippen LogP) is 1.87. The molecule has 3 rings (SSSR count). The van der Waals surface area contributed by atoms with Crippen molar-refractivity contribution in [2.24, 2.45) is 0 Å². The summed E-state index contributed by atoms with van der Waals surface area (Å²) in [5, 5.41) is 15.2. The number of rotatable bonds is 8. The predicted molar refractivity (Wildman–Crippen MR) is 97.4 cm³/mol. The highest BCUT2D eigenvalue weighted by Gasteiger charge is 2.26. The smallest absolute Gasteiger partial charge is 0.361 e. The molecule has 2 aromatic heterocycles. The fourth-order valence-corrected chi connectivity index (χ4v) is 2.51. The number of methoxy groups -OCH3 is 1. The first kappa shape index (κ1) is 19.1. The maximum Gasteiger partial charge on any atom is 0.361 e. The average molecular weight is 388 g/mol. The zero-order chi connectivity index (χ0) is 20.1. The van der Waals surface area contributed by atoms with Crippen molar-refractivity contribution in [3.63, 3.8) is 0 Å². The molecule has 0 atom stereocenters. The third-order valence-electron chi connectivity index (χ3n) is 3.73. The van der Waals surface area contributed by atoms with Crippen LogP contribution >= 0.6 is 0 Å². The first-order valence-corrected chi connectivity index (χ1v) is 8.63. The summed E-state index contributed by atoms with van der Waals surface area (Å²) < 4.78 is 22.1. The molecule has 0 aliphatic carbocycles. The van der Waals surface area contributed by atoms with Crippen molar-refractivity contribution < 1.29 is 23.6 Å². The Morgan fingerprint density at radius 3 is 2.71 bits per heavy atom. The SMILES string of the molecule is CCCOc1ccc(-c2c(C(=O)OCC)nnn2-c2nonc2N)cc1OC. The third-order valence-corrected chi connectivity index (χ3v) is 3.73. The van der Waals surface area contributed by atoms with Gasteiger partial charge >= 0.3 is 5.97 Å². The van der Waals surface area contributed by atoms with Crippen molar-refractivity contribution in [3.8, 4) is 28.6 Å². The van der Waals surface area contributed by atoms with Crippen LogP contribution in [-0.2, 0) is 4.74 Å². The van der Waals surface area contributed by atoms with Crippen molar-refractivity contribution in [1.82, 2.24) is 25.3 Å². The summed E-state index contributed by atoms with van der Waals surface area (Å²) in [6.45, 7) is 4.44. The molecule has 3 aromatic rings. The van der Waals surface area contributed by atoms with E-state index in [0.29, 0.717) is 29.4 Å². The lowest BCUT2D eigenvalue weighted by Crippen LogP contribution is -2.09. The van der Waals surface area contributed by atoms with Gasteiger partial charge < -0.3 is 19.9 Å². The van der Waals surface area contributed by atoms with Crippen LogP contribution in [0.4, 0.5) is 5.82 Å². The van der Waals surface area contributed by atoms with E-state index in [0.717, 1.165) is 6.42 Å². The molecule has 0 radical (unpaired) electrons. The number of hydrogen-bond acceptors (Lipinski definition) is 10. The van der Waals surface area contributed by atoms with Gasteiger partial charge in [0, 0.05) is 5.56 Å². The minimum Gasteiger partial charge on any atom is -0.493 e. The van der Waals surface area contributed by atoms with Gasteiger partial charge in [-0.1, -0.05) is 12.1 Å². The van der Waals surface area contributed by atoms with E-state index in [2.05, 4.69) is 25.3 Å². The van der Waals surface area contributed by atoms with Gasteiger partial charge in [-0.3, -0.25) is 0 Å². The Bertz CT molecular complexity index is 967. The lowest BCUT2D eigenvalue weighted by atomic mass is 10.1. The summed E-state index contributed by atoms with van der Waals surface area (Å²) in [5.41, 5.74) is 6.65. The number of nitrogens with two attached hydrogens (primary N) is 1. The molecular weight excluding hydrogens is 368 g/mol. The number of carbonyl (C=O) groups excluding carboxylic acids is 1. The second kappa shape index (κ2) is 8.37. The van der Waals surface area contributed by atoms with Crippen molar-refractivity contribution in [2.75, 3.05) is 26.1 Å². The Morgan fingerprint density at radius 2 is 2.07 bits per heavy atom. The van der Waals surface area contributed by atoms with Crippen LogP contribution in [0.1, 0.15) is 30.8 Å². The Kier molecular flexibility index (Phi) is 5.72. The summed E-state index contributed by atoms with van der Waals surface area (Å²) in [4.78, 5) is 12.4. The van der Waals surface area contributed by atoms with E-state index in [1.165, 1.54) is 11.8 Å². The van der Waals surface area contributed by atoms with Gasteiger partial charge in [0.15, 0.2) is 17.2 Å². The molecule has 1 aromatic carbocycles. The van der Waals surface area contributed by atoms with Gasteiger partial charge in [0.2, 0.25) is 11.6 Å². The Hall–Kier alpha value is -3.63. The van der Waals surface area contributed by atoms with Crippen LogP contribution in [-0.4, -0.2) is 51.6 Å². The van der Waals surface area contributed by atoms with Gasteiger partial charge in [0.1, 0.15) is 5.69 Å². The number of esters is 1. The first-order chi connectivity index (χ1) is 13.6. The molecule has 11 nitrogen and oxygen atoms in total. The van der Waals surface area contributed by atoms with Crippen LogP contribution in [0, 0.1) is 0 Å². The van der Waals surface area contributed by atoms with E-state index < -0.39 is 5.97 Å². The second-order valence-corrected chi connectivity index (χ2v) is 5.61. The van der Waals surface area contributed by atoms with Gasteiger partial charge in [-0.2, -0.15) is 4.68 Å². The number of nitrogen functional groups attached to an aromatic ring is 1. The molecule has 0 aliphatic heterocycles. The molecule has 0 saturated carbocycles. The normalized spacial score (nSPS) is 10.7. The molecule has 11 heteroatoms.